The van der Waals surface area contributed by atoms with Crippen LogP contribution in [-0.2, 0) is 0 Å². The summed E-state index contributed by atoms with van der Waals surface area (Å²) in [6.07, 6.45) is 5.97. The van der Waals surface area contributed by atoms with E-state index in [1.54, 1.807) is 18.5 Å². The maximum absolute atomic E-state index is 13.2. The van der Waals surface area contributed by atoms with Gasteiger partial charge in [0.2, 0.25) is 0 Å². The molecule has 0 unspecified atom stereocenters. The third-order valence-corrected chi connectivity index (χ3v) is 3.95. The van der Waals surface area contributed by atoms with Gasteiger partial charge in [-0.05, 0) is 24.6 Å². The van der Waals surface area contributed by atoms with E-state index in [4.69, 9.17) is 5.26 Å². The number of rotatable bonds is 2. The van der Waals surface area contributed by atoms with E-state index in [9.17, 15) is 4.39 Å². The molecule has 3 rings (SSSR count). The van der Waals surface area contributed by atoms with Crippen LogP contribution < -0.4 is 0 Å². The molecule has 0 aliphatic rings. The van der Waals surface area contributed by atoms with Gasteiger partial charge in [0.15, 0.2) is 0 Å². The first kappa shape index (κ1) is 13.3. The summed E-state index contributed by atoms with van der Waals surface area (Å²) in [6, 6.07) is 5.24. The van der Waals surface area contributed by atoms with E-state index in [0.717, 1.165) is 22.3 Å². The van der Waals surface area contributed by atoms with Crippen LogP contribution in [0.25, 0.3) is 21.1 Å². The molecule has 3 aromatic rings. The van der Waals surface area contributed by atoms with E-state index in [1.165, 1.54) is 23.6 Å². The molecule has 0 radical (unpaired) electrons. The van der Waals surface area contributed by atoms with Gasteiger partial charge in [-0.3, -0.25) is 9.97 Å². The minimum absolute atomic E-state index is 0.392. The topological polar surface area (TPSA) is 62.5 Å². The number of halogens is 1. The lowest BCUT2D eigenvalue weighted by molar-refractivity contribution is 0.622. The second kappa shape index (κ2) is 5.38. The fourth-order valence-electron chi connectivity index (χ4n) is 1.94. The molecule has 21 heavy (non-hydrogen) atoms. The molecule has 0 spiro atoms. The van der Waals surface area contributed by atoms with E-state index in [2.05, 4.69) is 21.0 Å². The van der Waals surface area contributed by atoms with Gasteiger partial charge < -0.3 is 0 Å². The molecule has 0 aliphatic carbocycles. The molecular weight excluding hydrogens is 287 g/mol. The third-order valence-electron chi connectivity index (χ3n) is 2.90. The van der Waals surface area contributed by atoms with Gasteiger partial charge in [0.1, 0.15) is 16.9 Å². The highest BCUT2D eigenvalue weighted by Gasteiger charge is 2.11. The summed E-state index contributed by atoms with van der Waals surface area (Å²) >= 11 is 1.41. The lowest BCUT2D eigenvalue weighted by Crippen LogP contribution is -1.87. The lowest BCUT2D eigenvalue weighted by atomic mass is 10.1. The van der Waals surface area contributed by atoms with Crippen LogP contribution in [0.2, 0.25) is 0 Å². The second-order valence-corrected chi connectivity index (χ2v) is 5.45. The number of hydrogen-bond acceptors (Lipinski definition) is 5. The van der Waals surface area contributed by atoms with Crippen molar-refractivity contribution in [1.29, 1.82) is 5.26 Å². The highest BCUT2D eigenvalue weighted by atomic mass is 32.1. The largest absolute Gasteiger partial charge is 0.261 e. The van der Waals surface area contributed by atoms with Crippen molar-refractivity contribution in [1.82, 2.24) is 15.0 Å². The Morgan fingerprint density at radius 1 is 1.14 bits per heavy atom. The zero-order valence-corrected chi connectivity index (χ0v) is 11.9. The Balaban J connectivity index is 2.01. The standard InChI is InChI=1S/C15H9FN4S/c1-9-2-10(4-17)5-19-14(9)13-8-20-15(21-13)11-3-12(16)7-18-6-11/h2-3,5-8H,1H3. The molecule has 0 atom stereocenters. The Kier molecular flexibility index (Phi) is 3.42. The van der Waals surface area contributed by atoms with Gasteiger partial charge >= 0.3 is 0 Å². The van der Waals surface area contributed by atoms with Crippen molar-refractivity contribution in [2.24, 2.45) is 0 Å². The highest BCUT2D eigenvalue weighted by Crippen LogP contribution is 2.32. The summed E-state index contributed by atoms with van der Waals surface area (Å²) in [5.74, 6) is -0.392. The molecule has 102 valence electrons. The summed E-state index contributed by atoms with van der Waals surface area (Å²) in [6.45, 7) is 1.90. The molecule has 4 nitrogen and oxygen atoms in total. The monoisotopic (exact) mass is 296 g/mol. The van der Waals surface area contributed by atoms with E-state index < -0.39 is 5.82 Å². The molecule has 0 aliphatic heterocycles. The maximum Gasteiger partial charge on any atom is 0.142 e. The molecule has 6 heteroatoms. The third kappa shape index (κ3) is 2.64. The Bertz CT molecular complexity index is 851. The molecule has 0 bridgehead atoms. The lowest BCUT2D eigenvalue weighted by Gasteiger charge is -2.01. The SMILES string of the molecule is Cc1cc(C#N)cnc1-c1cnc(-c2cncc(F)c2)s1. The number of aryl methyl sites for hydroxylation is 1. The van der Waals surface area contributed by atoms with Crippen molar-refractivity contribution in [3.05, 3.63) is 53.9 Å². The van der Waals surface area contributed by atoms with Crippen LogP contribution >= 0.6 is 11.3 Å². The normalized spacial score (nSPS) is 10.3. The summed E-state index contributed by atoms with van der Waals surface area (Å²) in [5, 5.41) is 9.54. The molecule has 0 saturated carbocycles. The van der Waals surface area contributed by atoms with Gasteiger partial charge in [-0.1, -0.05) is 0 Å². The Morgan fingerprint density at radius 3 is 2.71 bits per heavy atom. The molecule has 0 saturated heterocycles. The summed E-state index contributed by atoms with van der Waals surface area (Å²) in [4.78, 5) is 13.3. The molecule has 0 N–H and O–H groups in total. The molecule has 0 amide bonds. The van der Waals surface area contributed by atoms with Gasteiger partial charge in [-0.15, -0.1) is 11.3 Å². The van der Waals surface area contributed by atoms with Gasteiger partial charge in [0, 0.05) is 24.2 Å². The van der Waals surface area contributed by atoms with Crippen LogP contribution in [0.4, 0.5) is 4.39 Å². The number of hydrogen-bond donors (Lipinski definition) is 0. The molecule has 3 heterocycles. The molecular formula is C15H9FN4S. The van der Waals surface area contributed by atoms with Crippen LogP contribution in [0.3, 0.4) is 0 Å². The van der Waals surface area contributed by atoms with Gasteiger partial charge in [-0.25, -0.2) is 9.37 Å². The molecule has 0 aromatic carbocycles. The maximum atomic E-state index is 13.2. The van der Waals surface area contributed by atoms with Gasteiger partial charge in [0.05, 0.1) is 22.3 Å². The quantitative estimate of drug-likeness (QED) is 0.725. The van der Waals surface area contributed by atoms with Crippen molar-refractivity contribution in [3.63, 3.8) is 0 Å². The van der Waals surface area contributed by atoms with Crippen LogP contribution in [0.1, 0.15) is 11.1 Å². The number of thiazole rings is 1. The minimum atomic E-state index is -0.392. The Morgan fingerprint density at radius 2 is 2.00 bits per heavy atom. The fraction of sp³-hybridized carbons (Fsp3) is 0.0667. The van der Waals surface area contributed by atoms with E-state index in [0.29, 0.717) is 16.1 Å². The van der Waals surface area contributed by atoms with Crippen LogP contribution in [0.15, 0.2) is 36.9 Å². The van der Waals surface area contributed by atoms with Crippen molar-refractivity contribution >= 4 is 11.3 Å². The average molecular weight is 296 g/mol. The number of pyridine rings is 2. The minimum Gasteiger partial charge on any atom is -0.261 e. The zero-order valence-electron chi connectivity index (χ0n) is 11.0. The van der Waals surface area contributed by atoms with Crippen LogP contribution in [0.5, 0.6) is 0 Å². The number of aromatic nitrogens is 3. The predicted molar refractivity (Wildman–Crippen MR) is 78.0 cm³/mol. The zero-order chi connectivity index (χ0) is 14.8. The summed E-state index contributed by atoms with van der Waals surface area (Å²) in [7, 11) is 0. The van der Waals surface area contributed by atoms with Crippen molar-refractivity contribution in [2.45, 2.75) is 6.92 Å². The van der Waals surface area contributed by atoms with Gasteiger partial charge in [0.25, 0.3) is 0 Å². The van der Waals surface area contributed by atoms with E-state index in [1.807, 2.05) is 6.92 Å². The van der Waals surface area contributed by atoms with E-state index in [-0.39, 0.29) is 0 Å². The second-order valence-electron chi connectivity index (χ2n) is 4.42. The van der Waals surface area contributed by atoms with E-state index >= 15 is 0 Å². The number of nitriles is 1. The Hall–Kier alpha value is -2.65. The van der Waals surface area contributed by atoms with Crippen LogP contribution in [-0.4, -0.2) is 15.0 Å². The molecule has 3 aromatic heterocycles. The van der Waals surface area contributed by atoms with Crippen LogP contribution in [0, 0.1) is 24.1 Å². The Labute approximate surface area is 124 Å². The first-order valence-electron chi connectivity index (χ1n) is 6.11. The predicted octanol–water partition coefficient (Wildman–Crippen LogP) is 3.59. The van der Waals surface area contributed by atoms with Crippen molar-refractivity contribution in [3.8, 4) is 27.2 Å². The summed E-state index contributed by atoms with van der Waals surface area (Å²) in [5.41, 5.74) is 2.84. The average Bonchev–Trinajstić information content (AvgIpc) is 2.96. The van der Waals surface area contributed by atoms with Crippen molar-refractivity contribution in [2.75, 3.05) is 0 Å². The highest BCUT2D eigenvalue weighted by molar-refractivity contribution is 7.18. The first-order valence-corrected chi connectivity index (χ1v) is 6.93. The first-order chi connectivity index (χ1) is 10.2. The van der Waals surface area contributed by atoms with Crippen molar-refractivity contribution < 1.29 is 4.39 Å². The molecule has 0 fully saturated rings. The summed E-state index contributed by atoms with van der Waals surface area (Å²) < 4.78 is 13.2. The fourth-order valence-corrected chi connectivity index (χ4v) is 2.90. The smallest absolute Gasteiger partial charge is 0.142 e. The van der Waals surface area contributed by atoms with Gasteiger partial charge in [-0.2, -0.15) is 5.26 Å². The number of nitrogens with zero attached hydrogens (tertiary/aromatic N) is 4.